The van der Waals surface area contributed by atoms with Gasteiger partial charge in [0.15, 0.2) is 11.2 Å². The largest absolute Gasteiger partial charge is 0.497 e. The fourth-order valence-electron chi connectivity index (χ4n) is 7.83. The highest BCUT2D eigenvalue weighted by atomic mass is 31.2. The molecule has 4 atom stereocenters. The Morgan fingerprint density at radius 1 is 0.903 bits per heavy atom. The highest BCUT2D eigenvalue weighted by Gasteiger charge is 2.45. The van der Waals surface area contributed by atoms with Crippen LogP contribution >= 0.6 is 8.53 Å². The van der Waals surface area contributed by atoms with Gasteiger partial charge in [0.2, 0.25) is 5.95 Å². The lowest BCUT2D eigenvalue weighted by atomic mass is 9.80. The summed E-state index contributed by atoms with van der Waals surface area (Å²) in [5.41, 5.74) is 2.72. The van der Waals surface area contributed by atoms with Crippen LogP contribution in [0, 0.1) is 11.3 Å². The molecule has 0 aliphatic carbocycles. The number of nitriles is 1. The van der Waals surface area contributed by atoms with Gasteiger partial charge in [0.25, 0.3) is 14.1 Å². The van der Waals surface area contributed by atoms with E-state index in [1.54, 1.807) is 25.1 Å². The molecule has 0 spiro atoms. The number of hydrogen-bond acceptors (Lipinski definition) is 12. The predicted octanol–water partition coefficient (Wildman–Crippen LogP) is 8.71. The summed E-state index contributed by atoms with van der Waals surface area (Å²) in [6.07, 6.45) is 0.291. The number of nitrogens with zero attached hydrogens (tertiary/aromatic N) is 5. The van der Waals surface area contributed by atoms with Gasteiger partial charge in [-0.05, 0) is 74.2 Å². The number of imidazole rings is 1. The van der Waals surface area contributed by atoms with Gasteiger partial charge in [-0.25, -0.2) is 9.65 Å². The van der Waals surface area contributed by atoms with Crippen molar-refractivity contribution >= 4 is 25.6 Å². The Hall–Kier alpha value is -5.65. The minimum atomic E-state index is -1.67. The van der Waals surface area contributed by atoms with Crippen LogP contribution in [-0.4, -0.2) is 75.9 Å². The third-order valence-electron chi connectivity index (χ3n) is 10.8. The van der Waals surface area contributed by atoms with Crippen molar-refractivity contribution in [3.63, 3.8) is 0 Å². The first kappa shape index (κ1) is 44.4. The molecule has 324 valence electrons. The Balaban J connectivity index is 1.29. The van der Waals surface area contributed by atoms with Crippen LogP contribution in [0.5, 0.6) is 11.5 Å². The van der Waals surface area contributed by atoms with E-state index in [9.17, 15) is 10.1 Å². The van der Waals surface area contributed by atoms with E-state index in [4.69, 9.17) is 33.0 Å². The average Bonchev–Trinajstić information content (AvgIpc) is 3.91. The summed E-state index contributed by atoms with van der Waals surface area (Å²) < 4.78 is 42.9. The zero-order chi connectivity index (χ0) is 43.6. The summed E-state index contributed by atoms with van der Waals surface area (Å²) in [5, 5.41) is 12.7. The number of fused-ring (bicyclic) bond motifs is 1. The number of benzene rings is 4. The molecule has 4 aromatic carbocycles. The van der Waals surface area contributed by atoms with E-state index in [1.807, 2.05) is 97.1 Å². The topological polar surface area (TPSA) is 158 Å². The molecule has 1 saturated heterocycles. The Morgan fingerprint density at radius 3 is 2.08 bits per heavy atom. The van der Waals surface area contributed by atoms with Crippen LogP contribution in [0.3, 0.4) is 0 Å². The van der Waals surface area contributed by atoms with Gasteiger partial charge in [0, 0.05) is 25.0 Å². The second-order valence-electron chi connectivity index (χ2n) is 15.4. The molecule has 0 amide bonds. The maximum Gasteiger partial charge on any atom is 0.280 e. The number of aromatic amines is 1. The molecular weight excluding hydrogens is 806 g/mol. The summed E-state index contributed by atoms with van der Waals surface area (Å²) >= 11 is 0. The van der Waals surface area contributed by atoms with Crippen molar-refractivity contribution in [2.24, 2.45) is 0 Å². The Labute approximate surface area is 363 Å². The lowest BCUT2D eigenvalue weighted by Crippen LogP contribution is -2.39. The van der Waals surface area contributed by atoms with E-state index in [1.165, 1.54) is 0 Å². The van der Waals surface area contributed by atoms with E-state index in [0.717, 1.165) is 22.3 Å². The van der Waals surface area contributed by atoms with Gasteiger partial charge in [0.1, 0.15) is 29.4 Å². The van der Waals surface area contributed by atoms with Crippen molar-refractivity contribution < 1.29 is 28.0 Å². The highest BCUT2D eigenvalue weighted by Crippen LogP contribution is 2.51. The molecule has 0 saturated carbocycles. The van der Waals surface area contributed by atoms with Crippen LogP contribution in [0.25, 0.3) is 11.2 Å². The van der Waals surface area contributed by atoms with Crippen LogP contribution in [0.4, 0.5) is 5.95 Å². The first-order valence-corrected chi connectivity index (χ1v) is 21.9. The number of aromatic nitrogens is 4. The number of nitrogens with one attached hydrogen (secondary N) is 2. The van der Waals surface area contributed by atoms with Crippen molar-refractivity contribution in [3.05, 3.63) is 148 Å². The predicted molar refractivity (Wildman–Crippen MR) is 239 cm³/mol. The zero-order valence-electron chi connectivity index (χ0n) is 35.9. The average molecular weight is 860 g/mol. The van der Waals surface area contributed by atoms with Crippen LogP contribution in [0.1, 0.15) is 69.0 Å². The summed E-state index contributed by atoms with van der Waals surface area (Å²) in [7, 11) is 1.61. The highest BCUT2D eigenvalue weighted by molar-refractivity contribution is 7.44. The second kappa shape index (κ2) is 20.5. The van der Waals surface area contributed by atoms with Crippen LogP contribution in [0.15, 0.2) is 120 Å². The third-order valence-corrected chi connectivity index (χ3v) is 12.9. The standard InChI is InChI=1S/C47H54N7O7P/c1-32(2)54(33(3)4)62(59-27-13-26-48)61-40-28-42(53-31-50-43-44(53)51-46(52-45(43)55)49-29-34-14-9-7-10-15-34)60-41(40)30-58-47(35-16-11-8-12-17-35,36-18-22-38(56-5)23-19-36)37-20-24-39(57-6)25-21-37/h7-12,14-25,31-33,40-42H,13,27-30H2,1-6H3,(H2,49,51,52,55)/t40-,41+,42+,62?/m0/s1. The maximum atomic E-state index is 13.4. The molecule has 14 nitrogen and oxygen atoms in total. The van der Waals surface area contributed by atoms with Crippen molar-refractivity contribution in [1.29, 1.82) is 5.26 Å². The van der Waals surface area contributed by atoms with E-state index < -0.39 is 32.6 Å². The summed E-state index contributed by atoms with van der Waals surface area (Å²) in [6, 6.07) is 38.0. The molecule has 1 unspecified atom stereocenters. The molecule has 2 N–H and O–H groups in total. The van der Waals surface area contributed by atoms with E-state index >= 15 is 0 Å². The lowest BCUT2D eigenvalue weighted by Gasteiger charge is -2.39. The molecule has 0 radical (unpaired) electrons. The van der Waals surface area contributed by atoms with Gasteiger partial charge in [-0.3, -0.25) is 14.3 Å². The molecule has 2 aromatic heterocycles. The number of anilines is 1. The van der Waals surface area contributed by atoms with Crippen molar-refractivity contribution in [1.82, 2.24) is 24.2 Å². The van der Waals surface area contributed by atoms with E-state index in [2.05, 4.69) is 65.9 Å². The monoisotopic (exact) mass is 859 g/mol. The smallest absolute Gasteiger partial charge is 0.280 e. The summed E-state index contributed by atoms with van der Waals surface area (Å²) in [6.45, 7) is 9.14. The van der Waals surface area contributed by atoms with Gasteiger partial charge < -0.3 is 33.3 Å². The van der Waals surface area contributed by atoms with E-state index in [-0.39, 0.29) is 42.8 Å². The first-order valence-electron chi connectivity index (χ1n) is 20.8. The molecule has 6 aromatic rings. The van der Waals surface area contributed by atoms with Crippen molar-refractivity contribution in [2.75, 3.05) is 32.8 Å². The second-order valence-corrected chi connectivity index (χ2v) is 16.9. The summed E-state index contributed by atoms with van der Waals surface area (Å²) in [4.78, 5) is 25.5. The maximum absolute atomic E-state index is 13.4. The van der Waals surface area contributed by atoms with Crippen LogP contribution in [0.2, 0.25) is 0 Å². The molecule has 15 heteroatoms. The number of H-pyrrole nitrogens is 1. The van der Waals surface area contributed by atoms with Crippen molar-refractivity contribution in [2.45, 2.75) is 83.2 Å². The molecular formula is C47H54N7O7P. The number of rotatable bonds is 20. The van der Waals surface area contributed by atoms with Gasteiger partial charge >= 0.3 is 0 Å². The SMILES string of the molecule is COc1ccc(C(OC[C@H]2O[C@@H](n3cnc4c(=O)[nH]c(NCc5ccccc5)nc43)C[C@@H]2OP(OCCC#N)N(C(C)C)C(C)C)(c2ccccc2)c2ccc(OC)cc2)cc1. The molecule has 7 rings (SSSR count). The van der Waals surface area contributed by atoms with E-state index in [0.29, 0.717) is 36.1 Å². The first-order chi connectivity index (χ1) is 30.1. The molecule has 1 aliphatic rings. The quantitative estimate of drug-likeness (QED) is 0.0428. The van der Waals surface area contributed by atoms with Gasteiger partial charge in [0.05, 0.1) is 52.4 Å². The molecule has 1 fully saturated rings. The number of hydrogen-bond donors (Lipinski definition) is 2. The third kappa shape index (κ3) is 9.85. The zero-order valence-corrected chi connectivity index (χ0v) is 36.8. The number of ether oxygens (including phenoxy) is 4. The molecule has 1 aliphatic heterocycles. The van der Waals surface area contributed by atoms with Crippen molar-refractivity contribution in [3.8, 4) is 17.6 Å². The fraction of sp³-hybridized carbons (Fsp3) is 0.362. The molecule has 0 bridgehead atoms. The Bertz CT molecular complexity index is 2390. The summed E-state index contributed by atoms with van der Waals surface area (Å²) in [5.74, 6) is 1.73. The fourth-order valence-corrected chi connectivity index (χ4v) is 9.58. The van der Waals surface area contributed by atoms with Gasteiger partial charge in [-0.15, -0.1) is 0 Å². The minimum absolute atomic E-state index is 0.0715. The Morgan fingerprint density at radius 2 is 1.50 bits per heavy atom. The lowest BCUT2D eigenvalue weighted by molar-refractivity contribution is -0.0912. The molecule has 3 heterocycles. The van der Waals surface area contributed by atoms with Gasteiger partial charge in [-0.2, -0.15) is 10.2 Å². The molecule has 62 heavy (non-hydrogen) atoms. The minimum Gasteiger partial charge on any atom is -0.497 e. The van der Waals surface area contributed by atoms with Crippen LogP contribution < -0.4 is 20.3 Å². The number of methoxy groups -OCH3 is 2. The Kier molecular flexibility index (Phi) is 14.7. The van der Waals surface area contributed by atoms with Crippen LogP contribution in [-0.2, 0) is 30.7 Å². The van der Waals surface area contributed by atoms with Gasteiger partial charge in [-0.1, -0.05) is 84.9 Å². The normalized spacial score (nSPS) is 17.1.